The Morgan fingerprint density at radius 1 is 1.24 bits per heavy atom. The molecular weight excluding hydrogens is 266 g/mol. The number of nitrogens with zero attached hydrogens (tertiary/aromatic N) is 2. The summed E-state index contributed by atoms with van der Waals surface area (Å²) < 4.78 is 1.79. The van der Waals surface area contributed by atoms with Gasteiger partial charge in [0.2, 0.25) is 5.91 Å². The summed E-state index contributed by atoms with van der Waals surface area (Å²) in [6, 6.07) is 8.79. The van der Waals surface area contributed by atoms with Crippen molar-refractivity contribution in [2.45, 2.75) is 33.2 Å². The van der Waals surface area contributed by atoms with Gasteiger partial charge in [0.15, 0.2) is 5.78 Å². The number of anilines is 1. The zero-order valence-electron chi connectivity index (χ0n) is 12.5. The number of rotatable bonds is 5. The van der Waals surface area contributed by atoms with Gasteiger partial charge in [-0.15, -0.1) is 0 Å². The number of carbonyl (C=O) groups excluding carboxylic acids is 2. The predicted molar refractivity (Wildman–Crippen MR) is 81.4 cm³/mol. The second-order valence-corrected chi connectivity index (χ2v) is 5.17. The summed E-state index contributed by atoms with van der Waals surface area (Å²) in [6.45, 7) is 5.38. The van der Waals surface area contributed by atoms with Gasteiger partial charge in [0.1, 0.15) is 0 Å². The van der Waals surface area contributed by atoms with Gasteiger partial charge in [-0.05, 0) is 51.1 Å². The summed E-state index contributed by atoms with van der Waals surface area (Å²) in [5, 5.41) is 7.13. The van der Waals surface area contributed by atoms with E-state index in [1.54, 1.807) is 28.9 Å². The Labute approximate surface area is 124 Å². The van der Waals surface area contributed by atoms with Crippen molar-refractivity contribution in [2.24, 2.45) is 0 Å². The fraction of sp³-hybridized carbons (Fsp3) is 0.312. The van der Waals surface area contributed by atoms with Gasteiger partial charge in [-0.2, -0.15) is 5.10 Å². The smallest absolute Gasteiger partial charge is 0.226 e. The third kappa shape index (κ3) is 4.02. The fourth-order valence-electron chi connectivity index (χ4n) is 2.04. The van der Waals surface area contributed by atoms with Gasteiger partial charge in [-0.1, -0.05) is 0 Å². The molecule has 0 aliphatic heterocycles. The van der Waals surface area contributed by atoms with Crippen molar-refractivity contribution < 1.29 is 9.59 Å². The Balaban J connectivity index is 1.93. The maximum atomic E-state index is 12.0. The summed E-state index contributed by atoms with van der Waals surface area (Å²) in [5.74, 6) is -0.0678. The molecule has 21 heavy (non-hydrogen) atoms. The third-order valence-electron chi connectivity index (χ3n) is 3.25. The molecule has 0 aliphatic rings. The van der Waals surface area contributed by atoms with Crippen LogP contribution in [0.5, 0.6) is 0 Å². The van der Waals surface area contributed by atoms with Gasteiger partial charge in [0, 0.05) is 23.9 Å². The monoisotopic (exact) mass is 285 g/mol. The standard InChI is InChI=1S/C16H19N3O2/c1-11-8-9-19(18-11)12(2)10-16(21)17-15-6-4-14(5-7-15)13(3)20/h4-9,12H,10H2,1-3H3,(H,17,21). The molecule has 0 bridgehead atoms. The minimum atomic E-state index is -0.0776. The van der Waals surface area contributed by atoms with Crippen LogP contribution >= 0.6 is 0 Å². The molecule has 0 saturated heterocycles. The van der Waals surface area contributed by atoms with Crippen LogP contribution < -0.4 is 5.32 Å². The van der Waals surface area contributed by atoms with Crippen LogP contribution in [-0.2, 0) is 4.79 Å². The number of carbonyl (C=O) groups is 2. The lowest BCUT2D eigenvalue weighted by molar-refractivity contribution is -0.116. The van der Waals surface area contributed by atoms with Gasteiger partial charge >= 0.3 is 0 Å². The minimum absolute atomic E-state index is 0.00445. The molecule has 110 valence electrons. The maximum Gasteiger partial charge on any atom is 0.226 e. The van der Waals surface area contributed by atoms with E-state index in [-0.39, 0.29) is 17.7 Å². The predicted octanol–water partition coefficient (Wildman–Crippen LogP) is 2.98. The number of Topliss-reactive ketones (excluding diaryl/α,β-unsaturated/α-hetero) is 1. The van der Waals surface area contributed by atoms with E-state index >= 15 is 0 Å². The summed E-state index contributed by atoms with van der Waals surface area (Å²) in [6.07, 6.45) is 2.21. The van der Waals surface area contributed by atoms with Crippen molar-refractivity contribution in [1.82, 2.24) is 9.78 Å². The van der Waals surface area contributed by atoms with Gasteiger partial charge < -0.3 is 5.32 Å². The second-order valence-electron chi connectivity index (χ2n) is 5.17. The average molecular weight is 285 g/mol. The molecule has 5 heteroatoms. The summed E-state index contributed by atoms with van der Waals surface area (Å²) >= 11 is 0. The van der Waals surface area contributed by atoms with Gasteiger partial charge in [-0.25, -0.2) is 0 Å². The van der Waals surface area contributed by atoms with Gasteiger partial charge in [-0.3, -0.25) is 14.3 Å². The van der Waals surface area contributed by atoms with Crippen LogP contribution in [0.25, 0.3) is 0 Å². The van der Waals surface area contributed by atoms with Crippen molar-refractivity contribution >= 4 is 17.4 Å². The molecule has 1 unspecified atom stereocenters. The molecule has 1 N–H and O–H groups in total. The van der Waals surface area contributed by atoms with Crippen molar-refractivity contribution in [3.63, 3.8) is 0 Å². The first-order valence-corrected chi connectivity index (χ1v) is 6.88. The SMILES string of the molecule is CC(=O)c1ccc(NC(=O)CC(C)n2ccc(C)n2)cc1. The Kier molecular flexibility index (Phi) is 4.52. The largest absolute Gasteiger partial charge is 0.326 e. The van der Waals surface area contributed by atoms with E-state index in [1.807, 2.05) is 26.1 Å². The highest BCUT2D eigenvalue weighted by molar-refractivity contribution is 5.95. The lowest BCUT2D eigenvalue weighted by Crippen LogP contribution is -2.18. The quantitative estimate of drug-likeness (QED) is 0.859. The molecule has 2 aromatic rings. The van der Waals surface area contributed by atoms with Crippen LogP contribution in [0.1, 0.15) is 42.4 Å². The molecule has 1 heterocycles. The number of hydrogen-bond donors (Lipinski definition) is 1. The zero-order valence-corrected chi connectivity index (χ0v) is 12.5. The van der Waals surface area contributed by atoms with E-state index in [2.05, 4.69) is 10.4 Å². The highest BCUT2D eigenvalue weighted by atomic mass is 16.1. The van der Waals surface area contributed by atoms with Crippen LogP contribution in [0.4, 0.5) is 5.69 Å². The molecule has 0 fully saturated rings. The van der Waals surface area contributed by atoms with Crippen LogP contribution in [-0.4, -0.2) is 21.5 Å². The topological polar surface area (TPSA) is 64.0 Å². The second kappa shape index (κ2) is 6.35. The lowest BCUT2D eigenvalue weighted by Gasteiger charge is -2.12. The van der Waals surface area contributed by atoms with E-state index in [0.29, 0.717) is 17.7 Å². The maximum absolute atomic E-state index is 12.0. The van der Waals surface area contributed by atoms with E-state index in [4.69, 9.17) is 0 Å². The van der Waals surface area contributed by atoms with Crippen LogP contribution in [0.2, 0.25) is 0 Å². The van der Waals surface area contributed by atoms with Crippen LogP contribution in [0, 0.1) is 6.92 Å². The molecule has 0 saturated carbocycles. The molecular formula is C16H19N3O2. The third-order valence-corrected chi connectivity index (χ3v) is 3.25. The van der Waals surface area contributed by atoms with E-state index in [0.717, 1.165) is 5.69 Å². The van der Waals surface area contributed by atoms with Crippen molar-refractivity contribution in [3.05, 3.63) is 47.8 Å². The van der Waals surface area contributed by atoms with Crippen LogP contribution in [0.15, 0.2) is 36.5 Å². The minimum Gasteiger partial charge on any atom is -0.326 e. The number of aromatic nitrogens is 2. The Morgan fingerprint density at radius 3 is 2.43 bits per heavy atom. The Hall–Kier alpha value is -2.43. The number of amides is 1. The zero-order chi connectivity index (χ0) is 15.4. The molecule has 2 rings (SSSR count). The number of hydrogen-bond acceptors (Lipinski definition) is 3. The lowest BCUT2D eigenvalue weighted by atomic mass is 10.1. The Morgan fingerprint density at radius 2 is 1.90 bits per heavy atom. The van der Waals surface area contributed by atoms with Crippen molar-refractivity contribution in [3.8, 4) is 0 Å². The molecule has 1 aromatic heterocycles. The molecule has 0 radical (unpaired) electrons. The van der Waals surface area contributed by atoms with Crippen molar-refractivity contribution in [2.75, 3.05) is 5.32 Å². The number of aryl methyl sites for hydroxylation is 1. The summed E-state index contributed by atoms with van der Waals surface area (Å²) in [5.41, 5.74) is 2.25. The number of benzene rings is 1. The molecule has 1 atom stereocenters. The van der Waals surface area contributed by atoms with E-state index in [1.165, 1.54) is 6.92 Å². The molecule has 5 nitrogen and oxygen atoms in total. The highest BCUT2D eigenvalue weighted by Gasteiger charge is 2.12. The number of ketones is 1. The first-order valence-electron chi connectivity index (χ1n) is 6.88. The van der Waals surface area contributed by atoms with Crippen LogP contribution in [0.3, 0.4) is 0 Å². The number of nitrogens with one attached hydrogen (secondary N) is 1. The van der Waals surface area contributed by atoms with Crippen molar-refractivity contribution in [1.29, 1.82) is 0 Å². The molecule has 0 aliphatic carbocycles. The van der Waals surface area contributed by atoms with E-state index < -0.39 is 0 Å². The first kappa shape index (κ1) is 15.0. The Bertz CT molecular complexity index is 644. The normalized spacial score (nSPS) is 12.0. The van der Waals surface area contributed by atoms with Gasteiger partial charge in [0.25, 0.3) is 0 Å². The first-order chi connectivity index (χ1) is 9.95. The highest BCUT2D eigenvalue weighted by Crippen LogP contribution is 2.14. The molecule has 1 amide bonds. The molecule has 1 aromatic carbocycles. The average Bonchev–Trinajstić information content (AvgIpc) is 2.86. The van der Waals surface area contributed by atoms with Gasteiger partial charge in [0.05, 0.1) is 11.7 Å². The molecule has 0 spiro atoms. The summed E-state index contributed by atoms with van der Waals surface area (Å²) in [4.78, 5) is 23.2. The summed E-state index contributed by atoms with van der Waals surface area (Å²) in [7, 11) is 0. The fourth-order valence-corrected chi connectivity index (χ4v) is 2.04. The van der Waals surface area contributed by atoms with E-state index in [9.17, 15) is 9.59 Å².